The van der Waals surface area contributed by atoms with E-state index in [9.17, 15) is 19.8 Å². The fraction of sp³-hybridized carbons (Fsp3) is 0.105. The Hall–Kier alpha value is -3.04. The van der Waals surface area contributed by atoms with Crippen molar-refractivity contribution in [2.75, 3.05) is 18.1 Å². The molecule has 1 fully saturated rings. The van der Waals surface area contributed by atoms with Gasteiger partial charge in [-0.1, -0.05) is 30.0 Å². The Kier molecular flexibility index (Phi) is 4.70. The summed E-state index contributed by atoms with van der Waals surface area (Å²) in [5, 5.41) is 18.8. The smallest absolute Gasteiger partial charge is 0.339 e. The van der Waals surface area contributed by atoms with Crippen LogP contribution < -0.4 is 14.4 Å². The molecule has 0 saturated carbocycles. The first-order valence-corrected chi connectivity index (χ1v) is 9.40. The first kappa shape index (κ1) is 18.3. The van der Waals surface area contributed by atoms with Crippen LogP contribution in [0.25, 0.3) is 6.08 Å². The van der Waals surface area contributed by atoms with Gasteiger partial charge in [-0.25, -0.2) is 4.79 Å². The van der Waals surface area contributed by atoms with Gasteiger partial charge in [0.2, 0.25) is 0 Å². The molecule has 7 nitrogen and oxygen atoms in total. The highest BCUT2D eigenvalue weighted by Gasteiger charge is 2.34. The molecule has 0 bridgehead atoms. The number of carbonyl (C=O) groups excluding carboxylic acids is 1. The highest BCUT2D eigenvalue weighted by Crippen LogP contribution is 2.38. The van der Waals surface area contributed by atoms with E-state index in [1.54, 1.807) is 18.2 Å². The summed E-state index contributed by atoms with van der Waals surface area (Å²) in [4.78, 5) is 25.7. The quantitative estimate of drug-likeness (QED) is 0.583. The Morgan fingerprint density at radius 3 is 2.64 bits per heavy atom. The summed E-state index contributed by atoms with van der Waals surface area (Å²) in [7, 11) is 0. The molecule has 1 saturated heterocycles. The third-order valence-electron chi connectivity index (χ3n) is 4.13. The number of thioether (sulfide) groups is 1. The van der Waals surface area contributed by atoms with Crippen molar-refractivity contribution in [3.63, 3.8) is 0 Å². The number of ether oxygens (including phenoxy) is 2. The Labute approximate surface area is 169 Å². The van der Waals surface area contributed by atoms with E-state index in [1.165, 1.54) is 23.1 Å². The second kappa shape index (κ2) is 7.17. The molecule has 2 aliphatic rings. The van der Waals surface area contributed by atoms with E-state index in [-0.39, 0.29) is 27.2 Å². The molecule has 0 aromatic heterocycles. The molecule has 4 rings (SSSR count). The van der Waals surface area contributed by atoms with Crippen molar-refractivity contribution in [2.24, 2.45) is 0 Å². The molecule has 0 spiro atoms. The van der Waals surface area contributed by atoms with Crippen LogP contribution in [0.2, 0.25) is 0 Å². The number of amides is 1. The number of carboxylic acid groups (broad SMARTS) is 1. The van der Waals surface area contributed by atoms with Gasteiger partial charge in [0, 0.05) is 0 Å². The van der Waals surface area contributed by atoms with Crippen molar-refractivity contribution in [3.05, 3.63) is 52.4 Å². The number of rotatable bonds is 3. The molecule has 142 valence electrons. The summed E-state index contributed by atoms with van der Waals surface area (Å²) in [6.45, 7) is 0.960. The topological polar surface area (TPSA) is 96.3 Å². The minimum atomic E-state index is -1.29. The van der Waals surface area contributed by atoms with Crippen molar-refractivity contribution in [2.45, 2.75) is 0 Å². The fourth-order valence-electron chi connectivity index (χ4n) is 2.83. The van der Waals surface area contributed by atoms with Crippen LogP contribution in [0, 0.1) is 0 Å². The standard InChI is InChI=1S/C19H13NO6S2/c21-13-3-2-11(9-12(13)18(23)24)20-17(22)16(28-19(20)27)8-10-1-4-14-15(7-10)26-6-5-25-14/h1-4,7-9,21H,5-6H2,(H,23,24). The normalized spacial score (nSPS) is 17.3. The maximum absolute atomic E-state index is 12.9. The van der Waals surface area contributed by atoms with Crippen LogP contribution in [0.1, 0.15) is 15.9 Å². The molecule has 0 aliphatic carbocycles. The Bertz CT molecular complexity index is 1050. The molecule has 2 N–H and O–H groups in total. The number of hydrogen-bond acceptors (Lipinski definition) is 7. The van der Waals surface area contributed by atoms with E-state index in [2.05, 4.69) is 0 Å². The molecular formula is C19H13NO6S2. The number of thiocarbonyl (C=S) groups is 1. The summed E-state index contributed by atoms with van der Waals surface area (Å²) in [5.41, 5.74) is 0.729. The van der Waals surface area contributed by atoms with Crippen molar-refractivity contribution in [3.8, 4) is 17.2 Å². The number of carboxylic acids is 1. The summed E-state index contributed by atoms with van der Waals surface area (Å²) >= 11 is 6.42. The molecule has 0 unspecified atom stereocenters. The zero-order valence-electron chi connectivity index (χ0n) is 14.2. The van der Waals surface area contributed by atoms with Gasteiger partial charge in [0.05, 0.1) is 10.6 Å². The number of nitrogens with zero attached hydrogens (tertiary/aromatic N) is 1. The van der Waals surface area contributed by atoms with Crippen molar-refractivity contribution >= 4 is 51.9 Å². The molecule has 28 heavy (non-hydrogen) atoms. The average molecular weight is 415 g/mol. The van der Waals surface area contributed by atoms with Gasteiger partial charge in [0.1, 0.15) is 24.5 Å². The van der Waals surface area contributed by atoms with Gasteiger partial charge in [-0.05, 0) is 42.0 Å². The minimum Gasteiger partial charge on any atom is -0.507 e. The number of benzene rings is 2. The first-order valence-electron chi connectivity index (χ1n) is 8.18. The van der Waals surface area contributed by atoms with Crippen LogP contribution in [0.4, 0.5) is 5.69 Å². The molecule has 2 aromatic carbocycles. The lowest BCUT2D eigenvalue weighted by Gasteiger charge is -2.18. The van der Waals surface area contributed by atoms with Crippen molar-refractivity contribution < 1.29 is 29.3 Å². The Morgan fingerprint density at radius 2 is 1.89 bits per heavy atom. The number of carbonyl (C=O) groups is 2. The predicted molar refractivity (Wildman–Crippen MR) is 108 cm³/mol. The first-order chi connectivity index (χ1) is 13.4. The molecule has 2 aliphatic heterocycles. The van der Waals surface area contributed by atoms with Crippen LogP contribution in [-0.4, -0.2) is 39.6 Å². The molecule has 0 atom stereocenters. The number of phenols is 1. The lowest BCUT2D eigenvalue weighted by Crippen LogP contribution is -2.27. The monoisotopic (exact) mass is 415 g/mol. The van der Waals surface area contributed by atoms with Crippen molar-refractivity contribution in [1.82, 2.24) is 0 Å². The molecule has 0 radical (unpaired) electrons. The number of anilines is 1. The maximum atomic E-state index is 12.9. The highest BCUT2D eigenvalue weighted by molar-refractivity contribution is 8.27. The predicted octanol–water partition coefficient (Wildman–Crippen LogP) is 3.27. The Morgan fingerprint density at radius 1 is 1.14 bits per heavy atom. The van der Waals surface area contributed by atoms with E-state index in [0.717, 1.165) is 17.3 Å². The van der Waals surface area contributed by atoms with Gasteiger partial charge >= 0.3 is 5.97 Å². The second-order valence-electron chi connectivity index (χ2n) is 5.93. The summed E-state index contributed by atoms with van der Waals surface area (Å²) in [5.74, 6) is -0.779. The summed E-state index contributed by atoms with van der Waals surface area (Å²) in [6.07, 6.45) is 1.69. The van der Waals surface area contributed by atoms with Crippen LogP contribution in [0.5, 0.6) is 17.2 Å². The van der Waals surface area contributed by atoms with Gasteiger partial charge in [-0.3, -0.25) is 9.69 Å². The number of hydrogen-bond donors (Lipinski definition) is 2. The summed E-state index contributed by atoms with van der Waals surface area (Å²) < 4.78 is 11.3. The Balaban J connectivity index is 1.65. The van der Waals surface area contributed by atoms with Gasteiger partial charge in [-0.2, -0.15) is 0 Å². The second-order valence-corrected chi connectivity index (χ2v) is 7.60. The molecule has 2 heterocycles. The minimum absolute atomic E-state index is 0.274. The van der Waals surface area contributed by atoms with E-state index < -0.39 is 5.97 Å². The van der Waals surface area contributed by atoms with E-state index in [4.69, 9.17) is 21.7 Å². The number of aromatic hydroxyl groups is 1. The molecule has 2 aromatic rings. The zero-order valence-corrected chi connectivity index (χ0v) is 15.9. The average Bonchev–Trinajstić information content (AvgIpc) is 2.95. The van der Waals surface area contributed by atoms with Crippen LogP contribution in [0.3, 0.4) is 0 Å². The summed E-state index contributed by atoms with van der Waals surface area (Å²) in [6, 6.07) is 9.25. The van der Waals surface area contributed by atoms with Gasteiger partial charge < -0.3 is 19.7 Å². The van der Waals surface area contributed by atoms with Crippen LogP contribution in [-0.2, 0) is 4.79 Å². The van der Waals surface area contributed by atoms with E-state index >= 15 is 0 Å². The van der Waals surface area contributed by atoms with Crippen LogP contribution in [0.15, 0.2) is 41.3 Å². The number of fused-ring (bicyclic) bond motifs is 1. The lowest BCUT2D eigenvalue weighted by molar-refractivity contribution is -0.113. The SMILES string of the molecule is O=C(O)c1cc(N2C(=O)C(=Cc3ccc4c(c3)OCCO4)SC2=S)ccc1O. The lowest BCUT2D eigenvalue weighted by atomic mass is 10.1. The molecule has 1 amide bonds. The largest absolute Gasteiger partial charge is 0.507 e. The third kappa shape index (κ3) is 3.30. The zero-order chi connectivity index (χ0) is 19.8. The highest BCUT2D eigenvalue weighted by atomic mass is 32.2. The fourth-order valence-corrected chi connectivity index (χ4v) is 4.12. The van der Waals surface area contributed by atoms with Gasteiger partial charge in [0.15, 0.2) is 15.8 Å². The molecule has 9 heteroatoms. The van der Waals surface area contributed by atoms with E-state index in [1.807, 2.05) is 6.07 Å². The maximum Gasteiger partial charge on any atom is 0.339 e. The van der Waals surface area contributed by atoms with Gasteiger partial charge in [-0.15, -0.1) is 0 Å². The van der Waals surface area contributed by atoms with Crippen molar-refractivity contribution in [1.29, 1.82) is 0 Å². The third-order valence-corrected chi connectivity index (χ3v) is 5.43. The number of aromatic carboxylic acids is 1. The molecular weight excluding hydrogens is 402 g/mol. The van der Waals surface area contributed by atoms with Crippen LogP contribution >= 0.6 is 24.0 Å². The van der Waals surface area contributed by atoms with Gasteiger partial charge in [0.25, 0.3) is 5.91 Å². The van der Waals surface area contributed by atoms with E-state index in [0.29, 0.717) is 29.6 Å².